The predicted molar refractivity (Wildman–Crippen MR) is 106 cm³/mol. The Morgan fingerprint density at radius 3 is 2.69 bits per heavy atom. The molecule has 0 aromatic heterocycles. The lowest BCUT2D eigenvalue weighted by Gasteiger charge is -2.22. The first-order valence-electron chi connectivity index (χ1n) is 9.07. The molecule has 1 heterocycles. The molecule has 2 aromatic rings. The number of anilines is 1. The van der Waals surface area contributed by atoms with Gasteiger partial charge in [-0.1, -0.05) is 0 Å². The van der Waals surface area contributed by atoms with Crippen LogP contribution in [0.2, 0.25) is 0 Å². The molecule has 0 atom stereocenters. The number of carbonyl (C=O) groups is 2. The fourth-order valence-corrected chi connectivity index (χ4v) is 3.11. The Kier molecular flexibility index (Phi) is 6.56. The van der Waals surface area contributed by atoms with E-state index in [-0.39, 0.29) is 25.0 Å². The van der Waals surface area contributed by atoms with Crippen LogP contribution in [0.4, 0.5) is 5.69 Å². The Balaban J connectivity index is 1.82. The molecule has 0 saturated heterocycles. The third-order valence-corrected chi connectivity index (χ3v) is 4.54. The summed E-state index contributed by atoms with van der Waals surface area (Å²) in [6, 6.07) is 10.8. The van der Waals surface area contributed by atoms with Gasteiger partial charge in [0.05, 0.1) is 14.2 Å². The smallest absolute Gasteiger partial charge is 0.261 e. The molecule has 1 aliphatic heterocycles. The third-order valence-electron chi connectivity index (χ3n) is 4.54. The lowest BCUT2D eigenvalue weighted by molar-refractivity contribution is -0.133. The average Bonchev–Trinajstić information content (AvgIpc) is 2.87. The Bertz CT molecular complexity index is 899. The van der Waals surface area contributed by atoms with E-state index in [1.807, 2.05) is 12.1 Å². The highest BCUT2D eigenvalue weighted by molar-refractivity contribution is 5.92. The van der Waals surface area contributed by atoms with Gasteiger partial charge in [0.2, 0.25) is 5.91 Å². The Morgan fingerprint density at radius 2 is 1.97 bits per heavy atom. The van der Waals surface area contributed by atoms with Crippen molar-refractivity contribution in [2.45, 2.75) is 13.1 Å². The lowest BCUT2D eigenvalue weighted by Crippen LogP contribution is -2.32. The lowest BCUT2D eigenvalue weighted by atomic mass is 10.1. The van der Waals surface area contributed by atoms with Crippen LogP contribution in [0.1, 0.15) is 11.1 Å². The summed E-state index contributed by atoms with van der Waals surface area (Å²) in [6.45, 7) is 0.614. The molecule has 3 rings (SSSR count). The molecule has 1 N–H and O–H groups in total. The molecule has 2 aromatic carbocycles. The SMILES string of the molecule is COCC(=O)Nc1ccc2c(c1)CN(Cc1ccc(OC)cc1OC)C(=O)CO2. The van der Waals surface area contributed by atoms with Crippen LogP contribution in [0.5, 0.6) is 17.2 Å². The Labute approximate surface area is 169 Å². The van der Waals surface area contributed by atoms with E-state index in [0.29, 0.717) is 36.0 Å². The van der Waals surface area contributed by atoms with Gasteiger partial charge in [-0.05, 0) is 30.3 Å². The number of carbonyl (C=O) groups excluding carboxylic acids is 2. The molecule has 0 unspecified atom stereocenters. The Hall–Kier alpha value is -3.26. The maximum atomic E-state index is 12.6. The highest BCUT2D eigenvalue weighted by Crippen LogP contribution is 2.30. The van der Waals surface area contributed by atoms with Crippen molar-refractivity contribution in [2.24, 2.45) is 0 Å². The summed E-state index contributed by atoms with van der Waals surface area (Å²) in [5, 5.41) is 2.76. The maximum absolute atomic E-state index is 12.6. The van der Waals surface area contributed by atoms with E-state index in [2.05, 4.69) is 5.32 Å². The topological polar surface area (TPSA) is 86.3 Å². The molecule has 2 amide bonds. The maximum Gasteiger partial charge on any atom is 0.261 e. The zero-order valence-electron chi connectivity index (χ0n) is 16.7. The van der Waals surface area contributed by atoms with Crippen molar-refractivity contribution in [3.05, 3.63) is 47.5 Å². The number of ether oxygens (including phenoxy) is 4. The summed E-state index contributed by atoms with van der Waals surface area (Å²) < 4.78 is 21.2. The van der Waals surface area contributed by atoms with Gasteiger partial charge in [-0.2, -0.15) is 0 Å². The number of methoxy groups -OCH3 is 3. The van der Waals surface area contributed by atoms with Crippen molar-refractivity contribution in [1.82, 2.24) is 4.90 Å². The van der Waals surface area contributed by atoms with Crippen molar-refractivity contribution >= 4 is 17.5 Å². The molecule has 0 aliphatic carbocycles. The third kappa shape index (κ3) is 4.97. The van der Waals surface area contributed by atoms with Crippen molar-refractivity contribution in [3.8, 4) is 17.2 Å². The molecule has 8 nitrogen and oxygen atoms in total. The zero-order valence-corrected chi connectivity index (χ0v) is 16.7. The van der Waals surface area contributed by atoms with Crippen LogP contribution < -0.4 is 19.5 Å². The second-order valence-corrected chi connectivity index (χ2v) is 6.52. The number of fused-ring (bicyclic) bond motifs is 1. The van der Waals surface area contributed by atoms with Crippen LogP contribution in [-0.2, 0) is 27.4 Å². The first-order valence-corrected chi connectivity index (χ1v) is 9.07. The molecular weight excluding hydrogens is 376 g/mol. The number of nitrogens with one attached hydrogen (secondary N) is 1. The summed E-state index contributed by atoms with van der Waals surface area (Å²) in [7, 11) is 4.63. The molecule has 0 fully saturated rings. The molecule has 0 radical (unpaired) electrons. The van der Waals surface area contributed by atoms with Gasteiger partial charge >= 0.3 is 0 Å². The van der Waals surface area contributed by atoms with Gasteiger partial charge in [0.1, 0.15) is 23.9 Å². The summed E-state index contributed by atoms with van der Waals surface area (Å²) in [4.78, 5) is 26.1. The number of benzene rings is 2. The highest BCUT2D eigenvalue weighted by atomic mass is 16.5. The van der Waals surface area contributed by atoms with Crippen LogP contribution in [0, 0.1) is 0 Å². The molecule has 29 heavy (non-hydrogen) atoms. The van der Waals surface area contributed by atoms with Gasteiger partial charge < -0.3 is 29.2 Å². The van der Waals surface area contributed by atoms with E-state index >= 15 is 0 Å². The van der Waals surface area contributed by atoms with Crippen LogP contribution in [0.3, 0.4) is 0 Å². The second kappa shape index (κ2) is 9.29. The first-order chi connectivity index (χ1) is 14.0. The minimum absolute atomic E-state index is 0.0323. The molecule has 8 heteroatoms. The molecule has 154 valence electrons. The van der Waals surface area contributed by atoms with Crippen molar-refractivity contribution in [1.29, 1.82) is 0 Å². The van der Waals surface area contributed by atoms with Gasteiger partial charge in [-0.25, -0.2) is 0 Å². The first kappa shape index (κ1) is 20.5. The zero-order chi connectivity index (χ0) is 20.8. The monoisotopic (exact) mass is 400 g/mol. The van der Waals surface area contributed by atoms with E-state index in [1.54, 1.807) is 43.4 Å². The second-order valence-electron chi connectivity index (χ2n) is 6.52. The fourth-order valence-electron chi connectivity index (χ4n) is 3.11. The normalized spacial score (nSPS) is 13.2. The van der Waals surface area contributed by atoms with Crippen LogP contribution in [0.25, 0.3) is 0 Å². The van der Waals surface area contributed by atoms with E-state index in [9.17, 15) is 9.59 Å². The molecular formula is C21H24N2O6. The molecule has 0 saturated carbocycles. The van der Waals surface area contributed by atoms with Crippen LogP contribution >= 0.6 is 0 Å². The Morgan fingerprint density at radius 1 is 1.14 bits per heavy atom. The summed E-state index contributed by atoms with van der Waals surface area (Å²) in [5.74, 6) is 1.55. The van der Waals surface area contributed by atoms with Crippen molar-refractivity contribution < 1.29 is 28.5 Å². The summed E-state index contributed by atoms with van der Waals surface area (Å²) in [5.41, 5.74) is 2.28. The van der Waals surface area contributed by atoms with Gasteiger partial charge in [0, 0.05) is 43.1 Å². The number of hydrogen-bond acceptors (Lipinski definition) is 6. The largest absolute Gasteiger partial charge is 0.497 e. The van der Waals surface area contributed by atoms with Crippen LogP contribution in [0.15, 0.2) is 36.4 Å². The number of amides is 2. The quantitative estimate of drug-likeness (QED) is 0.767. The number of rotatable bonds is 7. The molecule has 1 aliphatic rings. The van der Waals surface area contributed by atoms with Crippen LogP contribution in [-0.4, -0.2) is 51.3 Å². The molecule has 0 bridgehead atoms. The van der Waals surface area contributed by atoms with Gasteiger partial charge in [-0.3, -0.25) is 9.59 Å². The minimum Gasteiger partial charge on any atom is -0.497 e. The van der Waals surface area contributed by atoms with Gasteiger partial charge in [-0.15, -0.1) is 0 Å². The van der Waals surface area contributed by atoms with E-state index in [1.165, 1.54) is 7.11 Å². The minimum atomic E-state index is -0.252. The van der Waals surface area contributed by atoms with Gasteiger partial charge in [0.15, 0.2) is 6.61 Å². The van der Waals surface area contributed by atoms with Crippen molar-refractivity contribution in [2.75, 3.05) is 39.9 Å². The van der Waals surface area contributed by atoms with E-state index < -0.39 is 0 Å². The summed E-state index contributed by atoms with van der Waals surface area (Å²) >= 11 is 0. The number of nitrogens with zero attached hydrogens (tertiary/aromatic N) is 1. The number of hydrogen-bond donors (Lipinski definition) is 1. The standard InChI is InChI=1S/C21H24N2O6/c1-26-12-20(24)22-16-5-7-18-15(8-16)11-23(21(25)13-29-18)10-14-4-6-17(27-2)9-19(14)28-3/h4-9H,10-13H2,1-3H3,(H,22,24). The highest BCUT2D eigenvalue weighted by Gasteiger charge is 2.23. The van der Waals surface area contributed by atoms with E-state index in [0.717, 1.165) is 11.1 Å². The predicted octanol–water partition coefficient (Wildman–Crippen LogP) is 2.21. The van der Waals surface area contributed by atoms with Crippen molar-refractivity contribution in [3.63, 3.8) is 0 Å². The average molecular weight is 400 g/mol. The fraction of sp³-hybridized carbons (Fsp3) is 0.333. The van der Waals surface area contributed by atoms with Gasteiger partial charge in [0.25, 0.3) is 5.91 Å². The summed E-state index contributed by atoms with van der Waals surface area (Å²) in [6.07, 6.45) is 0. The molecule has 0 spiro atoms. The van der Waals surface area contributed by atoms with E-state index in [4.69, 9.17) is 18.9 Å².